The van der Waals surface area contributed by atoms with Crippen LogP contribution in [-0.4, -0.2) is 55.9 Å². The molecule has 1 amide bonds. The van der Waals surface area contributed by atoms with Crippen LogP contribution in [0.5, 0.6) is 0 Å². The smallest absolute Gasteiger partial charge is 0.364 e. The van der Waals surface area contributed by atoms with Crippen molar-refractivity contribution in [3.8, 4) is 17.3 Å². The Bertz CT molecular complexity index is 1570. The number of hydrogen-bond donors (Lipinski definition) is 2. The minimum Gasteiger partial charge on any atom is -0.364 e. The predicted octanol–water partition coefficient (Wildman–Crippen LogP) is 3.27. The van der Waals surface area contributed by atoms with Gasteiger partial charge >= 0.3 is 6.18 Å². The summed E-state index contributed by atoms with van der Waals surface area (Å²) in [6.45, 7) is 1.32. The molecule has 1 aromatic carbocycles. The summed E-state index contributed by atoms with van der Waals surface area (Å²) in [5.74, 6) is -1.79. The molecule has 9 nitrogen and oxygen atoms in total. The van der Waals surface area contributed by atoms with Gasteiger partial charge in [-0.1, -0.05) is 0 Å². The Hall–Kier alpha value is -4.04. The van der Waals surface area contributed by atoms with E-state index in [4.69, 9.17) is 0 Å². The number of alkyl halides is 3. The van der Waals surface area contributed by atoms with E-state index in [1.807, 2.05) is 11.4 Å². The number of anilines is 1. The zero-order chi connectivity index (χ0) is 27.2. The van der Waals surface area contributed by atoms with Crippen LogP contribution in [0.3, 0.4) is 0 Å². The van der Waals surface area contributed by atoms with Crippen molar-refractivity contribution >= 4 is 37.2 Å². The first-order chi connectivity index (χ1) is 18.0. The molecule has 1 fully saturated rings. The van der Waals surface area contributed by atoms with Crippen molar-refractivity contribution in [2.45, 2.75) is 31.1 Å². The molecule has 196 valence electrons. The molecular formula is C24H21F4N8OP. The van der Waals surface area contributed by atoms with Crippen molar-refractivity contribution in [1.82, 2.24) is 30.0 Å². The number of aromatic amines is 1. The van der Waals surface area contributed by atoms with Crippen LogP contribution in [-0.2, 0) is 5.54 Å². The van der Waals surface area contributed by atoms with E-state index in [0.29, 0.717) is 11.3 Å². The standard InChI is InChI=1S/C24H21F4N8OP/c1-13(24(26,27)28)34-22(37)16-6-17(25)18(7-19(16)38)35-10-23(11-35,3-4-29)36-9-14(8-33-36)20-15-2-5-30-21(15)32-12-31-20/h2,5-9,12-13H,3,10-11,38H2,1H3,(H,34,37)(H,30,31,32)/t13-/m0/s1. The molecule has 0 radical (unpaired) electrons. The third-order valence-electron chi connectivity index (χ3n) is 6.62. The molecule has 4 aromatic rings. The van der Waals surface area contributed by atoms with Gasteiger partial charge in [0.1, 0.15) is 29.4 Å². The molecule has 1 saturated heterocycles. The third-order valence-corrected chi connectivity index (χ3v) is 7.10. The molecule has 2 N–H and O–H groups in total. The number of carbonyl (C=O) groups is 1. The molecule has 1 aliphatic heterocycles. The van der Waals surface area contributed by atoms with Gasteiger partial charge in [-0.15, -0.1) is 9.24 Å². The fourth-order valence-electron chi connectivity index (χ4n) is 4.50. The third kappa shape index (κ3) is 4.45. The fourth-order valence-corrected chi connectivity index (χ4v) is 4.87. The van der Waals surface area contributed by atoms with Gasteiger partial charge in [-0.3, -0.25) is 9.48 Å². The molecule has 0 aliphatic carbocycles. The average molecular weight is 544 g/mol. The molecule has 0 bridgehead atoms. The van der Waals surface area contributed by atoms with Gasteiger partial charge in [-0.25, -0.2) is 14.4 Å². The fraction of sp³-hybridized carbons (Fsp3) is 0.292. The van der Waals surface area contributed by atoms with Gasteiger partial charge < -0.3 is 15.2 Å². The van der Waals surface area contributed by atoms with Crippen LogP contribution in [0, 0.1) is 17.1 Å². The zero-order valence-corrected chi connectivity index (χ0v) is 21.1. The summed E-state index contributed by atoms with van der Waals surface area (Å²) in [4.78, 5) is 25.6. The van der Waals surface area contributed by atoms with Gasteiger partial charge in [0.15, 0.2) is 0 Å². The van der Waals surface area contributed by atoms with Gasteiger partial charge in [0.2, 0.25) is 0 Å². The van der Waals surface area contributed by atoms with Crippen LogP contribution in [0.1, 0.15) is 23.7 Å². The Morgan fingerprint density at radius 3 is 2.82 bits per heavy atom. The van der Waals surface area contributed by atoms with E-state index in [0.717, 1.165) is 23.9 Å². The van der Waals surface area contributed by atoms with Crippen molar-refractivity contribution in [3.63, 3.8) is 0 Å². The molecule has 14 heteroatoms. The Balaban J connectivity index is 1.37. The van der Waals surface area contributed by atoms with E-state index in [9.17, 15) is 23.2 Å². The van der Waals surface area contributed by atoms with E-state index >= 15 is 4.39 Å². The largest absolute Gasteiger partial charge is 0.408 e. The van der Waals surface area contributed by atoms with Crippen LogP contribution in [0.25, 0.3) is 22.3 Å². The van der Waals surface area contributed by atoms with Gasteiger partial charge in [-0.05, 0) is 30.4 Å². The van der Waals surface area contributed by atoms with Crippen LogP contribution in [0.15, 0.2) is 43.1 Å². The minimum absolute atomic E-state index is 0.110. The Labute approximate surface area is 216 Å². The lowest BCUT2D eigenvalue weighted by atomic mass is 9.86. The topological polar surface area (TPSA) is 116 Å². The van der Waals surface area contributed by atoms with E-state index in [1.54, 1.807) is 28.2 Å². The van der Waals surface area contributed by atoms with Crippen LogP contribution < -0.4 is 15.5 Å². The molecular weight excluding hydrogens is 523 g/mol. The number of fused-ring (bicyclic) bond motifs is 1. The molecule has 1 unspecified atom stereocenters. The summed E-state index contributed by atoms with van der Waals surface area (Å²) in [7, 11) is 2.26. The second kappa shape index (κ2) is 9.36. The number of hydrogen-bond acceptors (Lipinski definition) is 6. The lowest BCUT2D eigenvalue weighted by molar-refractivity contribution is -0.149. The van der Waals surface area contributed by atoms with Crippen molar-refractivity contribution < 1.29 is 22.4 Å². The number of benzene rings is 1. The highest BCUT2D eigenvalue weighted by molar-refractivity contribution is 7.27. The Morgan fingerprint density at radius 2 is 2.11 bits per heavy atom. The first-order valence-corrected chi connectivity index (χ1v) is 12.0. The number of aromatic nitrogens is 5. The summed E-state index contributed by atoms with van der Waals surface area (Å²) >= 11 is 0. The predicted molar refractivity (Wildman–Crippen MR) is 134 cm³/mol. The summed E-state index contributed by atoms with van der Waals surface area (Å²) in [5, 5.41) is 16.9. The van der Waals surface area contributed by atoms with E-state index < -0.39 is 29.5 Å². The maximum absolute atomic E-state index is 15.1. The van der Waals surface area contributed by atoms with Crippen LogP contribution in [0.4, 0.5) is 23.2 Å². The molecule has 5 rings (SSSR count). The van der Waals surface area contributed by atoms with Gasteiger partial charge in [0.25, 0.3) is 5.91 Å². The number of H-pyrrole nitrogens is 1. The van der Waals surface area contributed by atoms with Gasteiger partial charge in [0.05, 0.1) is 30.1 Å². The van der Waals surface area contributed by atoms with E-state index in [2.05, 4.69) is 35.4 Å². The summed E-state index contributed by atoms with van der Waals surface area (Å²) in [6, 6.07) is 4.26. The molecule has 38 heavy (non-hydrogen) atoms. The normalized spacial score (nSPS) is 15.7. The summed E-state index contributed by atoms with van der Waals surface area (Å²) in [6.07, 6.45) is 2.13. The van der Waals surface area contributed by atoms with Gasteiger partial charge in [-0.2, -0.15) is 23.5 Å². The molecule has 2 atom stereocenters. The minimum atomic E-state index is -4.62. The van der Waals surface area contributed by atoms with Crippen LogP contribution >= 0.6 is 9.24 Å². The Morgan fingerprint density at radius 1 is 1.34 bits per heavy atom. The SMILES string of the molecule is C[C@H](NC(=O)c1cc(F)c(N2CC(CC#N)(n3cc(-c4ncnc5[nH]ccc45)cn3)C2)cc1P)C(F)(F)F. The highest BCUT2D eigenvalue weighted by Gasteiger charge is 2.46. The lowest BCUT2D eigenvalue weighted by Gasteiger charge is -2.50. The quantitative estimate of drug-likeness (QED) is 0.285. The highest BCUT2D eigenvalue weighted by atomic mass is 31.0. The molecule has 0 spiro atoms. The summed E-state index contributed by atoms with van der Waals surface area (Å²) < 4.78 is 55.2. The van der Waals surface area contributed by atoms with Crippen molar-refractivity contribution in [2.75, 3.05) is 18.0 Å². The van der Waals surface area contributed by atoms with Crippen molar-refractivity contribution in [2.24, 2.45) is 0 Å². The number of halogens is 4. The monoisotopic (exact) mass is 544 g/mol. The van der Waals surface area contributed by atoms with Crippen molar-refractivity contribution in [1.29, 1.82) is 5.26 Å². The molecule has 4 heterocycles. The summed E-state index contributed by atoms with van der Waals surface area (Å²) in [5.41, 5.74) is 1.31. The number of nitriles is 1. The maximum Gasteiger partial charge on any atom is 0.408 e. The molecule has 1 aliphatic rings. The van der Waals surface area contributed by atoms with E-state index in [1.165, 1.54) is 12.4 Å². The second-order valence-corrected chi connectivity index (χ2v) is 9.80. The number of rotatable bonds is 6. The first kappa shape index (κ1) is 25.6. The number of amides is 1. The zero-order valence-electron chi connectivity index (χ0n) is 19.9. The lowest BCUT2D eigenvalue weighted by Crippen LogP contribution is -2.63. The van der Waals surface area contributed by atoms with Crippen molar-refractivity contribution in [3.05, 3.63) is 54.5 Å². The highest BCUT2D eigenvalue weighted by Crippen LogP contribution is 2.38. The van der Waals surface area contributed by atoms with E-state index in [-0.39, 0.29) is 36.1 Å². The number of nitrogens with zero attached hydrogens (tertiary/aromatic N) is 6. The second-order valence-electron chi connectivity index (χ2n) is 9.18. The molecule has 0 saturated carbocycles. The average Bonchev–Trinajstić information content (AvgIpc) is 3.52. The first-order valence-electron chi connectivity index (χ1n) is 11.4. The Kier molecular flexibility index (Phi) is 6.31. The number of carbonyl (C=O) groups excluding carboxylic acids is 1. The number of nitrogens with one attached hydrogen (secondary N) is 2. The van der Waals surface area contributed by atoms with Crippen LogP contribution in [0.2, 0.25) is 0 Å². The maximum atomic E-state index is 15.1. The van der Waals surface area contributed by atoms with Gasteiger partial charge in [0, 0.05) is 42.0 Å². The molecule has 3 aromatic heterocycles.